The Labute approximate surface area is 191 Å². The summed E-state index contributed by atoms with van der Waals surface area (Å²) in [6, 6.07) is 10.3. The number of benzene rings is 1. The van der Waals surface area contributed by atoms with Gasteiger partial charge in [-0.1, -0.05) is 62.2 Å². The molecule has 0 radical (unpaired) electrons. The zero-order valence-electron chi connectivity index (χ0n) is 19.8. The van der Waals surface area contributed by atoms with Crippen LogP contribution in [0.15, 0.2) is 42.0 Å². The van der Waals surface area contributed by atoms with Crippen LogP contribution in [0.2, 0.25) is 0 Å². The van der Waals surface area contributed by atoms with E-state index in [4.69, 9.17) is 14.2 Å². The number of nitrogens with one attached hydrogen (secondary N) is 1. The second-order valence-corrected chi connectivity index (χ2v) is 11.0. The highest BCUT2D eigenvalue weighted by Gasteiger charge is 2.52. The zero-order chi connectivity index (χ0) is 22.5. The Morgan fingerprint density at radius 3 is 2.72 bits per heavy atom. The molecule has 0 unspecified atom stereocenters. The van der Waals surface area contributed by atoms with Crippen LogP contribution < -0.4 is 5.32 Å². The van der Waals surface area contributed by atoms with Crippen LogP contribution in [0.3, 0.4) is 0 Å². The Kier molecular flexibility index (Phi) is 5.71. The summed E-state index contributed by atoms with van der Waals surface area (Å²) in [6.45, 7) is 9.74. The van der Waals surface area contributed by atoms with Crippen molar-refractivity contribution in [2.24, 2.45) is 23.2 Å². The number of allylic oxidation sites excluding steroid dienone is 1. The van der Waals surface area contributed by atoms with Crippen molar-refractivity contribution in [1.82, 2.24) is 5.32 Å². The highest BCUT2D eigenvalue weighted by atomic mass is 16.7. The summed E-state index contributed by atoms with van der Waals surface area (Å²) in [7, 11) is 0. The molecule has 1 aromatic carbocycles. The van der Waals surface area contributed by atoms with Gasteiger partial charge in [0.2, 0.25) is 0 Å². The van der Waals surface area contributed by atoms with Gasteiger partial charge >= 0.3 is 5.97 Å². The summed E-state index contributed by atoms with van der Waals surface area (Å²) in [6.07, 6.45) is 6.99. The Morgan fingerprint density at radius 1 is 1.16 bits per heavy atom. The van der Waals surface area contributed by atoms with Gasteiger partial charge in [-0.05, 0) is 50.0 Å². The summed E-state index contributed by atoms with van der Waals surface area (Å²) in [5.74, 6) is -0.0867. The van der Waals surface area contributed by atoms with Crippen molar-refractivity contribution in [2.45, 2.75) is 77.4 Å². The molecule has 1 aromatic rings. The van der Waals surface area contributed by atoms with E-state index in [1.54, 1.807) is 5.57 Å². The monoisotopic (exact) mass is 439 g/mol. The van der Waals surface area contributed by atoms with E-state index in [0.717, 1.165) is 12.0 Å². The fourth-order valence-electron chi connectivity index (χ4n) is 6.47. The van der Waals surface area contributed by atoms with Crippen molar-refractivity contribution in [3.63, 3.8) is 0 Å². The second kappa shape index (κ2) is 8.27. The van der Waals surface area contributed by atoms with Gasteiger partial charge in [0.1, 0.15) is 12.2 Å². The van der Waals surface area contributed by atoms with Gasteiger partial charge in [-0.25, -0.2) is 0 Å². The summed E-state index contributed by atoms with van der Waals surface area (Å²) in [4.78, 5) is 12.9. The third-order valence-electron chi connectivity index (χ3n) is 8.20. The molecule has 0 aromatic heterocycles. The Bertz CT molecular complexity index is 881. The van der Waals surface area contributed by atoms with Crippen molar-refractivity contribution in [2.75, 3.05) is 13.2 Å². The Morgan fingerprint density at radius 2 is 1.94 bits per heavy atom. The van der Waals surface area contributed by atoms with Gasteiger partial charge in [-0.15, -0.1) is 0 Å². The highest BCUT2D eigenvalue weighted by Crippen LogP contribution is 2.53. The van der Waals surface area contributed by atoms with Gasteiger partial charge in [0, 0.05) is 12.5 Å². The first-order valence-electron chi connectivity index (χ1n) is 12.3. The molecule has 5 nitrogen and oxygen atoms in total. The number of hydrogen-bond donors (Lipinski definition) is 1. The number of carbonyl (C=O) groups is 1. The fraction of sp³-hybridized carbons (Fsp3) is 0.667. The third kappa shape index (κ3) is 4.04. The SMILES string of the molecule is C[C@H]1CCC[C@]2(C)C[C@H]3OC(=O)[C@@H](CN[C@H]4COC(C)(C)O[C@H]4c4ccccc4)[C@H]3C=C12. The molecule has 2 aliphatic carbocycles. The van der Waals surface area contributed by atoms with E-state index in [9.17, 15) is 4.79 Å². The summed E-state index contributed by atoms with van der Waals surface area (Å²) >= 11 is 0. The summed E-state index contributed by atoms with van der Waals surface area (Å²) in [5, 5.41) is 3.63. The molecule has 1 N–H and O–H groups in total. The molecule has 4 aliphatic rings. The maximum Gasteiger partial charge on any atom is 0.311 e. The van der Waals surface area contributed by atoms with Gasteiger partial charge in [-0.2, -0.15) is 0 Å². The van der Waals surface area contributed by atoms with E-state index < -0.39 is 5.79 Å². The van der Waals surface area contributed by atoms with E-state index in [2.05, 4.69) is 37.4 Å². The Balaban J connectivity index is 1.33. The largest absolute Gasteiger partial charge is 0.461 e. The lowest BCUT2D eigenvalue weighted by Gasteiger charge is -2.46. The molecule has 0 amide bonds. The predicted octanol–water partition coefficient (Wildman–Crippen LogP) is 4.78. The molecule has 0 bridgehead atoms. The van der Waals surface area contributed by atoms with Crippen LogP contribution in [0.25, 0.3) is 0 Å². The second-order valence-electron chi connectivity index (χ2n) is 11.0. The summed E-state index contributed by atoms with van der Waals surface area (Å²) in [5.41, 5.74) is 2.87. The topological polar surface area (TPSA) is 56.8 Å². The van der Waals surface area contributed by atoms with Crippen LogP contribution in [-0.4, -0.2) is 37.1 Å². The zero-order valence-corrected chi connectivity index (χ0v) is 19.8. The molecular weight excluding hydrogens is 402 g/mol. The molecule has 2 heterocycles. The maximum absolute atomic E-state index is 12.9. The molecule has 32 heavy (non-hydrogen) atoms. The number of esters is 1. The van der Waals surface area contributed by atoms with Crippen LogP contribution in [0.4, 0.5) is 0 Å². The number of hydrogen-bond acceptors (Lipinski definition) is 5. The molecule has 7 atom stereocenters. The van der Waals surface area contributed by atoms with Gasteiger partial charge < -0.3 is 19.5 Å². The number of rotatable bonds is 4. The first-order chi connectivity index (χ1) is 15.3. The quantitative estimate of drug-likeness (QED) is 0.540. The van der Waals surface area contributed by atoms with Gasteiger partial charge in [0.05, 0.1) is 18.6 Å². The minimum atomic E-state index is -0.633. The molecular formula is C27H37NO4. The number of fused-ring (bicyclic) bond motifs is 2. The highest BCUT2D eigenvalue weighted by molar-refractivity contribution is 5.76. The minimum absolute atomic E-state index is 0.0102. The molecule has 174 valence electrons. The fourth-order valence-corrected chi connectivity index (χ4v) is 6.47. The minimum Gasteiger partial charge on any atom is -0.461 e. The van der Waals surface area contributed by atoms with E-state index in [0.29, 0.717) is 19.1 Å². The lowest BCUT2D eigenvalue weighted by Crippen LogP contribution is -2.52. The van der Waals surface area contributed by atoms with Crippen molar-refractivity contribution in [1.29, 1.82) is 0 Å². The predicted molar refractivity (Wildman–Crippen MR) is 123 cm³/mol. The van der Waals surface area contributed by atoms with Gasteiger partial charge in [0.15, 0.2) is 5.79 Å². The molecule has 0 spiro atoms. The van der Waals surface area contributed by atoms with Crippen molar-refractivity contribution in [3.8, 4) is 0 Å². The van der Waals surface area contributed by atoms with E-state index in [1.807, 2.05) is 32.0 Å². The van der Waals surface area contributed by atoms with Gasteiger partial charge in [-0.3, -0.25) is 4.79 Å². The Hall–Kier alpha value is -1.69. The molecule has 1 saturated carbocycles. The van der Waals surface area contributed by atoms with E-state index in [1.165, 1.54) is 19.3 Å². The van der Waals surface area contributed by atoms with Crippen molar-refractivity contribution >= 4 is 5.97 Å². The van der Waals surface area contributed by atoms with Crippen LogP contribution in [0.5, 0.6) is 0 Å². The number of carbonyl (C=O) groups excluding carboxylic acids is 1. The van der Waals surface area contributed by atoms with Crippen LogP contribution in [0, 0.1) is 23.2 Å². The van der Waals surface area contributed by atoms with E-state index >= 15 is 0 Å². The molecule has 5 rings (SSSR count). The van der Waals surface area contributed by atoms with Crippen LogP contribution in [0.1, 0.15) is 65.0 Å². The van der Waals surface area contributed by atoms with E-state index in [-0.39, 0.29) is 41.5 Å². The smallest absolute Gasteiger partial charge is 0.311 e. The lowest BCUT2D eigenvalue weighted by molar-refractivity contribution is -0.285. The van der Waals surface area contributed by atoms with Gasteiger partial charge in [0.25, 0.3) is 0 Å². The van der Waals surface area contributed by atoms with Crippen LogP contribution in [-0.2, 0) is 19.0 Å². The van der Waals surface area contributed by atoms with Crippen molar-refractivity contribution in [3.05, 3.63) is 47.5 Å². The van der Waals surface area contributed by atoms with Crippen molar-refractivity contribution < 1.29 is 19.0 Å². The lowest BCUT2D eigenvalue weighted by atomic mass is 9.59. The average molecular weight is 440 g/mol. The molecule has 2 saturated heterocycles. The first kappa shape index (κ1) is 22.1. The standard InChI is InChI=1S/C27H37NO4/c1-17-9-8-12-27(4)14-23-19(13-21(17)27)20(25(29)31-23)15-28-22-16-30-26(2,3)32-24(22)18-10-6-5-7-11-18/h5-7,10-11,13,17,19-20,22-24,28H,8-9,12,14-16H2,1-4H3/t17-,19+,20-,22-,23+,24-,27+/m0/s1. The first-order valence-corrected chi connectivity index (χ1v) is 12.3. The number of ether oxygens (including phenoxy) is 3. The maximum atomic E-state index is 12.9. The molecule has 2 aliphatic heterocycles. The molecule has 3 fully saturated rings. The molecule has 5 heteroatoms. The third-order valence-corrected chi connectivity index (χ3v) is 8.20. The average Bonchev–Trinajstić information content (AvgIpc) is 3.05. The normalized spacial score (nSPS) is 40.8. The van der Waals surface area contributed by atoms with Crippen LogP contribution >= 0.6 is 0 Å². The summed E-state index contributed by atoms with van der Waals surface area (Å²) < 4.78 is 18.2.